The number of nitrogens with two attached hydrogens (primary N) is 1. The van der Waals surface area contributed by atoms with Gasteiger partial charge in [0.1, 0.15) is 0 Å². The summed E-state index contributed by atoms with van der Waals surface area (Å²) in [4.78, 5) is 13.8. The summed E-state index contributed by atoms with van der Waals surface area (Å²) in [5.74, 6) is 0.0980. The first-order valence-corrected chi connectivity index (χ1v) is 6.31. The molecule has 0 saturated heterocycles. The molecule has 1 unspecified atom stereocenters. The molecule has 106 valence electrons. The minimum Gasteiger partial charge on any atom is -0.339 e. The van der Waals surface area contributed by atoms with Crippen molar-refractivity contribution in [2.75, 3.05) is 13.1 Å². The molecule has 1 atom stereocenters. The predicted molar refractivity (Wildman–Crippen MR) is 82.4 cm³/mol. The van der Waals surface area contributed by atoms with Crippen LogP contribution in [-0.4, -0.2) is 29.9 Å². The molecular formula is C15H23ClN2O. The van der Waals surface area contributed by atoms with Crippen LogP contribution >= 0.6 is 12.4 Å². The summed E-state index contributed by atoms with van der Waals surface area (Å²) in [7, 11) is 0. The third kappa shape index (κ3) is 6.99. The summed E-state index contributed by atoms with van der Waals surface area (Å²) in [6.45, 7) is 6.83. The normalized spacial score (nSPS) is 11.3. The number of hydrogen-bond acceptors (Lipinski definition) is 2. The molecule has 1 aromatic carbocycles. The van der Waals surface area contributed by atoms with Crippen LogP contribution in [0, 0.1) is 0 Å². The number of carbonyl (C=O) groups is 1. The molecule has 2 N–H and O–H groups in total. The third-order valence-electron chi connectivity index (χ3n) is 2.71. The molecule has 19 heavy (non-hydrogen) atoms. The van der Waals surface area contributed by atoms with Gasteiger partial charge in [0.15, 0.2) is 0 Å². The number of hydrogen-bond donors (Lipinski definition) is 1. The lowest BCUT2D eigenvalue weighted by Crippen LogP contribution is -2.36. The summed E-state index contributed by atoms with van der Waals surface area (Å²) in [5, 5.41) is 0. The highest BCUT2D eigenvalue weighted by Gasteiger charge is 2.13. The zero-order chi connectivity index (χ0) is 13.4. The Bertz CT molecular complexity index is 379. The molecule has 1 aromatic rings. The molecule has 0 aliphatic heterocycles. The van der Waals surface area contributed by atoms with E-state index in [0.717, 1.165) is 6.42 Å². The second kappa shape index (κ2) is 9.59. The van der Waals surface area contributed by atoms with Crippen molar-refractivity contribution >= 4 is 18.3 Å². The zero-order valence-electron chi connectivity index (χ0n) is 11.4. The molecule has 1 amide bonds. The van der Waals surface area contributed by atoms with Crippen LogP contribution in [0.4, 0.5) is 0 Å². The molecular weight excluding hydrogens is 260 g/mol. The van der Waals surface area contributed by atoms with Gasteiger partial charge in [0.25, 0.3) is 0 Å². The number of amides is 1. The van der Waals surface area contributed by atoms with Crippen LogP contribution in [0.5, 0.6) is 0 Å². The van der Waals surface area contributed by atoms with Gasteiger partial charge < -0.3 is 10.6 Å². The molecule has 1 rings (SSSR count). The maximum Gasteiger partial charge on any atom is 0.224 e. The number of nitrogens with zero attached hydrogens (tertiary/aromatic N) is 1. The molecule has 0 spiro atoms. The van der Waals surface area contributed by atoms with E-state index in [1.807, 2.05) is 30.0 Å². The highest BCUT2D eigenvalue weighted by atomic mass is 35.5. The Balaban J connectivity index is 0.00000324. The minimum absolute atomic E-state index is 0. The largest absolute Gasteiger partial charge is 0.339 e. The summed E-state index contributed by atoms with van der Waals surface area (Å²) < 4.78 is 0. The van der Waals surface area contributed by atoms with E-state index in [1.165, 1.54) is 5.56 Å². The van der Waals surface area contributed by atoms with Crippen molar-refractivity contribution in [2.45, 2.75) is 25.8 Å². The van der Waals surface area contributed by atoms with E-state index in [9.17, 15) is 4.79 Å². The lowest BCUT2D eigenvalue weighted by atomic mass is 10.1. The van der Waals surface area contributed by atoms with Gasteiger partial charge >= 0.3 is 0 Å². The third-order valence-corrected chi connectivity index (χ3v) is 2.71. The molecule has 0 bridgehead atoms. The Morgan fingerprint density at radius 3 is 2.58 bits per heavy atom. The second-order valence-electron chi connectivity index (χ2n) is 4.55. The minimum atomic E-state index is -0.0958. The highest BCUT2D eigenvalue weighted by Crippen LogP contribution is 2.04. The Morgan fingerprint density at radius 2 is 2.05 bits per heavy atom. The Kier molecular flexibility index (Phi) is 8.92. The quantitative estimate of drug-likeness (QED) is 0.781. The van der Waals surface area contributed by atoms with Gasteiger partial charge in [-0.3, -0.25) is 4.79 Å². The van der Waals surface area contributed by atoms with Crippen LogP contribution in [-0.2, 0) is 11.2 Å². The van der Waals surface area contributed by atoms with Gasteiger partial charge in [-0.1, -0.05) is 36.4 Å². The lowest BCUT2D eigenvalue weighted by molar-refractivity contribution is -0.130. The van der Waals surface area contributed by atoms with Crippen molar-refractivity contribution in [1.29, 1.82) is 0 Å². The molecule has 0 aliphatic rings. The predicted octanol–water partition coefficient (Wildman–Crippen LogP) is 2.40. The van der Waals surface area contributed by atoms with E-state index < -0.39 is 0 Å². The first-order chi connectivity index (χ1) is 8.63. The first kappa shape index (κ1) is 17.7. The van der Waals surface area contributed by atoms with Crippen LogP contribution < -0.4 is 5.73 Å². The van der Waals surface area contributed by atoms with Gasteiger partial charge in [-0.2, -0.15) is 0 Å². The van der Waals surface area contributed by atoms with Crippen molar-refractivity contribution in [1.82, 2.24) is 4.90 Å². The molecule has 0 heterocycles. The maximum atomic E-state index is 12.0. The first-order valence-electron chi connectivity index (χ1n) is 6.31. The Morgan fingerprint density at radius 1 is 1.42 bits per heavy atom. The zero-order valence-corrected chi connectivity index (χ0v) is 12.2. The van der Waals surface area contributed by atoms with E-state index >= 15 is 0 Å². The summed E-state index contributed by atoms with van der Waals surface area (Å²) in [6, 6.07) is 10.1. The smallest absolute Gasteiger partial charge is 0.224 e. The fourth-order valence-corrected chi connectivity index (χ4v) is 1.79. The van der Waals surface area contributed by atoms with Gasteiger partial charge in [-0.25, -0.2) is 0 Å². The van der Waals surface area contributed by atoms with Crippen molar-refractivity contribution in [3.8, 4) is 0 Å². The number of carbonyl (C=O) groups excluding carboxylic acids is 1. The lowest BCUT2D eigenvalue weighted by Gasteiger charge is -2.22. The van der Waals surface area contributed by atoms with Gasteiger partial charge in [-0.15, -0.1) is 19.0 Å². The molecule has 0 aromatic heterocycles. The second-order valence-corrected chi connectivity index (χ2v) is 4.55. The molecule has 0 fully saturated rings. The van der Waals surface area contributed by atoms with E-state index in [0.29, 0.717) is 19.5 Å². The SMILES string of the molecule is C=CCN(CCc1ccccc1)C(=O)CC(C)N.Cl. The average Bonchev–Trinajstić information content (AvgIpc) is 2.34. The van der Waals surface area contributed by atoms with Crippen molar-refractivity contribution in [2.24, 2.45) is 5.73 Å². The molecule has 0 radical (unpaired) electrons. The Hall–Kier alpha value is -1.32. The van der Waals surface area contributed by atoms with Gasteiger partial charge in [0.2, 0.25) is 5.91 Å². The monoisotopic (exact) mass is 282 g/mol. The fourth-order valence-electron chi connectivity index (χ4n) is 1.79. The van der Waals surface area contributed by atoms with E-state index in [2.05, 4.69) is 18.7 Å². The number of halogens is 1. The van der Waals surface area contributed by atoms with Gasteiger partial charge in [0, 0.05) is 25.6 Å². The van der Waals surface area contributed by atoms with E-state index in [4.69, 9.17) is 5.73 Å². The van der Waals surface area contributed by atoms with Crippen molar-refractivity contribution in [3.05, 3.63) is 48.6 Å². The summed E-state index contributed by atoms with van der Waals surface area (Å²) in [5.41, 5.74) is 6.90. The summed E-state index contributed by atoms with van der Waals surface area (Å²) in [6.07, 6.45) is 3.01. The highest BCUT2D eigenvalue weighted by molar-refractivity contribution is 5.85. The fraction of sp³-hybridized carbons (Fsp3) is 0.400. The average molecular weight is 283 g/mol. The standard InChI is InChI=1S/C15H22N2O.ClH/c1-3-10-17(15(18)12-13(2)16)11-9-14-7-5-4-6-8-14;/h3-8,13H,1,9-12,16H2,2H3;1H. The van der Waals surface area contributed by atoms with Crippen LogP contribution in [0.2, 0.25) is 0 Å². The molecule has 0 saturated carbocycles. The van der Waals surface area contributed by atoms with Crippen LogP contribution in [0.3, 0.4) is 0 Å². The van der Waals surface area contributed by atoms with Crippen LogP contribution in [0.1, 0.15) is 18.9 Å². The van der Waals surface area contributed by atoms with Crippen molar-refractivity contribution < 1.29 is 4.79 Å². The van der Waals surface area contributed by atoms with Gasteiger partial charge in [0.05, 0.1) is 0 Å². The molecule has 0 aliphatic carbocycles. The van der Waals surface area contributed by atoms with E-state index in [-0.39, 0.29) is 24.4 Å². The van der Waals surface area contributed by atoms with Crippen LogP contribution in [0.15, 0.2) is 43.0 Å². The maximum absolute atomic E-state index is 12.0. The Labute approximate surface area is 121 Å². The topological polar surface area (TPSA) is 46.3 Å². The summed E-state index contributed by atoms with van der Waals surface area (Å²) >= 11 is 0. The molecule has 4 heteroatoms. The van der Waals surface area contributed by atoms with Gasteiger partial charge in [-0.05, 0) is 18.9 Å². The molecule has 3 nitrogen and oxygen atoms in total. The number of benzene rings is 1. The van der Waals surface area contributed by atoms with Crippen molar-refractivity contribution in [3.63, 3.8) is 0 Å². The van der Waals surface area contributed by atoms with E-state index in [1.54, 1.807) is 6.08 Å². The van der Waals surface area contributed by atoms with Crippen LogP contribution in [0.25, 0.3) is 0 Å². The number of rotatable bonds is 7.